The molecule has 0 saturated carbocycles. The van der Waals surface area contributed by atoms with Crippen LogP contribution in [-0.2, 0) is 0 Å². The second kappa shape index (κ2) is 4.88. The Morgan fingerprint density at radius 2 is 2.00 bits per heavy atom. The number of hydrogen-bond acceptors (Lipinski definition) is 3. The van der Waals surface area contributed by atoms with Gasteiger partial charge in [0, 0.05) is 11.7 Å². The summed E-state index contributed by atoms with van der Waals surface area (Å²) < 4.78 is 0. The number of aromatic nitrogens is 1. The van der Waals surface area contributed by atoms with Crippen LogP contribution in [-0.4, -0.2) is 22.5 Å². The summed E-state index contributed by atoms with van der Waals surface area (Å²) in [7, 11) is 0. The van der Waals surface area contributed by atoms with Crippen molar-refractivity contribution in [2.75, 3.05) is 16.8 Å². The second-order valence-corrected chi connectivity index (χ2v) is 5.43. The maximum atomic E-state index is 4.51. The van der Waals surface area contributed by atoms with E-state index >= 15 is 0 Å². The van der Waals surface area contributed by atoms with Crippen molar-refractivity contribution in [2.24, 2.45) is 0 Å². The van der Waals surface area contributed by atoms with Gasteiger partial charge >= 0.3 is 0 Å². The Bertz CT molecular complexity index is 312. The normalized spacial score (nSPS) is 17.7. The third kappa shape index (κ3) is 3.13. The van der Waals surface area contributed by atoms with Gasteiger partial charge in [0.15, 0.2) is 0 Å². The van der Waals surface area contributed by atoms with E-state index in [0.717, 1.165) is 11.5 Å². The Labute approximate surface area is 95.9 Å². The van der Waals surface area contributed by atoms with Gasteiger partial charge in [-0.15, -0.1) is 0 Å². The Morgan fingerprint density at radius 1 is 1.27 bits per heavy atom. The number of nitrogens with zero attached hydrogens (tertiary/aromatic N) is 1. The molecule has 1 fully saturated rings. The first kappa shape index (κ1) is 10.8. The Kier molecular flexibility index (Phi) is 3.52. The summed E-state index contributed by atoms with van der Waals surface area (Å²) in [5.41, 5.74) is 2.39. The summed E-state index contributed by atoms with van der Waals surface area (Å²) in [6.07, 6.45) is 2.53. The highest BCUT2D eigenvalue weighted by molar-refractivity contribution is 7.99. The molecule has 0 bridgehead atoms. The Morgan fingerprint density at radius 3 is 2.67 bits per heavy atom. The average molecular weight is 222 g/mol. The zero-order chi connectivity index (χ0) is 10.7. The minimum absolute atomic E-state index is 0.625. The van der Waals surface area contributed by atoms with E-state index < -0.39 is 0 Å². The smallest absolute Gasteiger partial charge is 0.126 e. The predicted octanol–water partition coefficient (Wildman–Crippen LogP) is 3.01. The fraction of sp³-hybridized carbons (Fsp3) is 0.583. The number of aryl methyl sites for hydroxylation is 2. The van der Waals surface area contributed by atoms with E-state index in [9.17, 15) is 0 Å². The summed E-state index contributed by atoms with van der Waals surface area (Å²) in [4.78, 5) is 4.51. The molecule has 1 N–H and O–H groups in total. The first-order valence-corrected chi connectivity index (χ1v) is 6.69. The van der Waals surface area contributed by atoms with Crippen molar-refractivity contribution in [3.05, 3.63) is 23.4 Å². The molecule has 0 radical (unpaired) electrons. The van der Waals surface area contributed by atoms with E-state index in [1.54, 1.807) is 0 Å². The van der Waals surface area contributed by atoms with E-state index in [1.807, 2.05) is 0 Å². The van der Waals surface area contributed by atoms with Crippen LogP contribution in [0, 0.1) is 13.8 Å². The molecule has 82 valence electrons. The van der Waals surface area contributed by atoms with Gasteiger partial charge in [-0.2, -0.15) is 11.8 Å². The molecule has 15 heavy (non-hydrogen) atoms. The average Bonchev–Trinajstić information content (AvgIpc) is 2.17. The summed E-state index contributed by atoms with van der Waals surface area (Å²) in [5, 5.41) is 3.54. The zero-order valence-corrected chi connectivity index (χ0v) is 10.2. The highest BCUT2D eigenvalue weighted by Gasteiger charge is 2.13. The maximum absolute atomic E-state index is 4.51. The van der Waals surface area contributed by atoms with Crippen LogP contribution in [0.2, 0.25) is 0 Å². The van der Waals surface area contributed by atoms with Gasteiger partial charge in [-0.3, -0.25) is 0 Å². The molecule has 0 unspecified atom stereocenters. The number of rotatable bonds is 2. The maximum Gasteiger partial charge on any atom is 0.126 e. The fourth-order valence-corrected chi connectivity index (χ4v) is 3.07. The third-order valence-electron chi connectivity index (χ3n) is 2.67. The first-order chi connectivity index (χ1) is 7.24. The van der Waals surface area contributed by atoms with Crippen molar-refractivity contribution in [1.82, 2.24) is 4.98 Å². The van der Waals surface area contributed by atoms with Gasteiger partial charge in [0.25, 0.3) is 0 Å². The monoisotopic (exact) mass is 222 g/mol. The molecule has 1 saturated heterocycles. The van der Waals surface area contributed by atoms with Crippen LogP contribution < -0.4 is 5.32 Å². The van der Waals surface area contributed by atoms with Crippen LogP contribution in [0.25, 0.3) is 0 Å². The molecule has 0 atom stereocenters. The largest absolute Gasteiger partial charge is 0.367 e. The molecule has 0 aromatic carbocycles. The van der Waals surface area contributed by atoms with Crippen LogP contribution in [0.15, 0.2) is 12.1 Å². The van der Waals surface area contributed by atoms with Crippen LogP contribution in [0.3, 0.4) is 0 Å². The molecule has 1 aliphatic rings. The SMILES string of the molecule is Cc1cc(C)nc(NC2CCSCC2)c1. The molecule has 1 aromatic rings. The van der Waals surface area contributed by atoms with Gasteiger partial charge in [0.1, 0.15) is 5.82 Å². The summed E-state index contributed by atoms with van der Waals surface area (Å²) in [5.74, 6) is 3.61. The minimum Gasteiger partial charge on any atom is -0.367 e. The molecule has 1 aromatic heterocycles. The van der Waals surface area contributed by atoms with E-state index in [4.69, 9.17) is 0 Å². The molecule has 3 heteroatoms. The van der Waals surface area contributed by atoms with E-state index in [2.05, 4.69) is 48.0 Å². The first-order valence-electron chi connectivity index (χ1n) is 5.53. The summed E-state index contributed by atoms with van der Waals surface area (Å²) >= 11 is 2.06. The lowest BCUT2D eigenvalue weighted by atomic mass is 10.1. The number of nitrogens with one attached hydrogen (secondary N) is 1. The predicted molar refractivity (Wildman–Crippen MR) is 67.7 cm³/mol. The lowest BCUT2D eigenvalue weighted by Crippen LogP contribution is -2.25. The fourth-order valence-electron chi connectivity index (χ4n) is 1.97. The van der Waals surface area contributed by atoms with Crippen LogP contribution in [0.4, 0.5) is 5.82 Å². The summed E-state index contributed by atoms with van der Waals surface area (Å²) in [6.45, 7) is 4.17. The zero-order valence-electron chi connectivity index (χ0n) is 9.42. The van der Waals surface area contributed by atoms with Crippen molar-refractivity contribution >= 4 is 17.6 Å². The molecule has 0 amide bonds. The third-order valence-corrected chi connectivity index (χ3v) is 3.72. The van der Waals surface area contributed by atoms with Crippen molar-refractivity contribution in [3.63, 3.8) is 0 Å². The molecule has 2 rings (SSSR count). The molecular formula is C12H18N2S. The van der Waals surface area contributed by atoms with Crippen molar-refractivity contribution in [3.8, 4) is 0 Å². The topological polar surface area (TPSA) is 24.9 Å². The Balaban J connectivity index is 2.02. The Hall–Kier alpha value is -0.700. The highest BCUT2D eigenvalue weighted by Crippen LogP contribution is 2.20. The molecule has 2 nitrogen and oxygen atoms in total. The van der Waals surface area contributed by atoms with Crippen molar-refractivity contribution < 1.29 is 0 Å². The lowest BCUT2D eigenvalue weighted by Gasteiger charge is -2.23. The minimum atomic E-state index is 0.625. The van der Waals surface area contributed by atoms with E-state index in [1.165, 1.54) is 29.9 Å². The van der Waals surface area contributed by atoms with Crippen molar-refractivity contribution in [1.29, 1.82) is 0 Å². The molecular weight excluding hydrogens is 204 g/mol. The molecule has 0 spiro atoms. The van der Waals surface area contributed by atoms with Gasteiger partial charge in [-0.05, 0) is 55.9 Å². The standard InChI is InChI=1S/C12H18N2S/c1-9-7-10(2)13-12(8-9)14-11-3-5-15-6-4-11/h7-8,11H,3-6H2,1-2H3,(H,13,14). The second-order valence-electron chi connectivity index (χ2n) is 4.20. The van der Waals surface area contributed by atoms with Crippen LogP contribution in [0.1, 0.15) is 24.1 Å². The number of hydrogen-bond donors (Lipinski definition) is 1. The van der Waals surface area contributed by atoms with Gasteiger partial charge in [0.2, 0.25) is 0 Å². The number of thioether (sulfide) groups is 1. The van der Waals surface area contributed by atoms with Crippen LogP contribution >= 0.6 is 11.8 Å². The van der Waals surface area contributed by atoms with E-state index in [-0.39, 0.29) is 0 Å². The summed E-state index contributed by atoms with van der Waals surface area (Å²) in [6, 6.07) is 4.87. The number of pyridine rings is 1. The van der Waals surface area contributed by atoms with Gasteiger partial charge in [-0.25, -0.2) is 4.98 Å². The molecule has 1 aliphatic heterocycles. The van der Waals surface area contributed by atoms with Crippen LogP contribution in [0.5, 0.6) is 0 Å². The lowest BCUT2D eigenvalue weighted by molar-refractivity contribution is 0.663. The van der Waals surface area contributed by atoms with Gasteiger partial charge in [-0.1, -0.05) is 0 Å². The molecule has 0 aliphatic carbocycles. The van der Waals surface area contributed by atoms with Gasteiger partial charge < -0.3 is 5.32 Å². The molecule has 2 heterocycles. The van der Waals surface area contributed by atoms with Gasteiger partial charge in [0.05, 0.1) is 0 Å². The number of anilines is 1. The quantitative estimate of drug-likeness (QED) is 0.832. The van der Waals surface area contributed by atoms with E-state index in [0.29, 0.717) is 6.04 Å². The van der Waals surface area contributed by atoms with Crippen molar-refractivity contribution in [2.45, 2.75) is 32.7 Å². The highest BCUT2D eigenvalue weighted by atomic mass is 32.2.